The second-order valence-corrected chi connectivity index (χ2v) is 3.51. The molecule has 0 radical (unpaired) electrons. The minimum absolute atomic E-state index is 0.626. The predicted octanol–water partition coefficient (Wildman–Crippen LogP) is 3.21. The molecule has 3 heteroatoms. The van der Waals surface area contributed by atoms with Gasteiger partial charge >= 0.3 is 0 Å². The third kappa shape index (κ3) is 1.32. The fourth-order valence-electron chi connectivity index (χ4n) is 1.49. The molecule has 1 heterocycles. The zero-order valence-electron chi connectivity index (χ0n) is 8.04. The Morgan fingerprint density at radius 3 is 2.71 bits per heavy atom. The summed E-state index contributed by atoms with van der Waals surface area (Å²) < 4.78 is 5.13. The van der Waals surface area contributed by atoms with Crippen LogP contribution in [0.1, 0.15) is 5.56 Å². The van der Waals surface area contributed by atoms with Gasteiger partial charge in [0.1, 0.15) is 5.75 Å². The van der Waals surface area contributed by atoms with E-state index >= 15 is 0 Å². The monoisotopic (exact) mass is 207 g/mol. The Bertz CT molecular complexity index is 482. The maximum atomic E-state index is 6.15. The van der Waals surface area contributed by atoms with Crippen molar-refractivity contribution in [3.8, 4) is 5.75 Å². The van der Waals surface area contributed by atoms with E-state index < -0.39 is 0 Å². The zero-order valence-corrected chi connectivity index (χ0v) is 8.80. The molecular formula is C11H10ClNO. The summed E-state index contributed by atoms with van der Waals surface area (Å²) in [5.74, 6) is 0.687. The number of pyridine rings is 1. The molecule has 0 unspecified atom stereocenters. The van der Waals surface area contributed by atoms with Gasteiger partial charge in [-0.15, -0.1) is 0 Å². The average Bonchev–Trinajstić information content (AvgIpc) is 2.20. The van der Waals surface area contributed by atoms with Crippen LogP contribution in [0.5, 0.6) is 5.75 Å². The summed E-state index contributed by atoms with van der Waals surface area (Å²) in [7, 11) is 1.61. The van der Waals surface area contributed by atoms with Crippen molar-refractivity contribution in [3.63, 3.8) is 0 Å². The van der Waals surface area contributed by atoms with E-state index in [4.69, 9.17) is 16.3 Å². The van der Waals surface area contributed by atoms with Gasteiger partial charge in [-0.3, -0.25) is 4.98 Å². The third-order valence-corrected chi connectivity index (χ3v) is 2.65. The summed E-state index contributed by atoms with van der Waals surface area (Å²) in [5.41, 5.74) is 1.12. The summed E-state index contributed by atoms with van der Waals surface area (Å²) in [6, 6.07) is 3.87. The number of hydrogen-bond donors (Lipinski definition) is 0. The second-order valence-electron chi connectivity index (χ2n) is 3.13. The maximum Gasteiger partial charge on any atom is 0.138 e. The predicted molar refractivity (Wildman–Crippen MR) is 58.0 cm³/mol. The summed E-state index contributed by atoms with van der Waals surface area (Å²) in [4.78, 5) is 4.11. The number of rotatable bonds is 1. The average molecular weight is 208 g/mol. The lowest BCUT2D eigenvalue weighted by Crippen LogP contribution is -1.87. The van der Waals surface area contributed by atoms with Gasteiger partial charge in [0.2, 0.25) is 0 Å². The van der Waals surface area contributed by atoms with E-state index in [1.807, 2.05) is 25.3 Å². The molecule has 0 aliphatic heterocycles. The Morgan fingerprint density at radius 1 is 1.21 bits per heavy atom. The molecule has 0 fully saturated rings. The van der Waals surface area contributed by atoms with Crippen LogP contribution in [-0.4, -0.2) is 12.1 Å². The van der Waals surface area contributed by atoms with Gasteiger partial charge in [-0.1, -0.05) is 17.7 Å². The number of hydrogen-bond acceptors (Lipinski definition) is 2. The first-order valence-electron chi connectivity index (χ1n) is 4.31. The van der Waals surface area contributed by atoms with Gasteiger partial charge < -0.3 is 4.74 Å². The van der Waals surface area contributed by atoms with Crippen molar-refractivity contribution in [3.05, 3.63) is 35.1 Å². The van der Waals surface area contributed by atoms with Crippen LogP contribution in [0.3, 0.4) is 0 Å². The number of ether oxygens (including phenoxy) is 1. The van der Waals surface area contributed by atoms with Gasteiger partial charge in [0, 0.05) is 17.8 Å². The van der Waals surface area contributed by atoms with Gasteiger partial charge in [0.15, 0.2) is 0 Å². The van der Waals surface area contributed by atoms with Gasteiger partial charge in [-0.25, -0.2) is 0 Å². The van der Waals surface area contributed by atoms with E-state index in [-0.39, 0.29) is 0 Å². The molecule has 0 aliphatic carbocycles. The zero-order chi connectivity index (χ0) is 10.1. The highest BCUT2D eigenvalue weighted by Gasteiger charge is 2.06. The molecule has 2 rings (SSSR count). The standard InChI is InChI=1S/C11H10ClNO/c1-7-5-13-6-9-8(7)3-4-10(14-2)11(9)12/h3-6H,1-2H3. The van der Waals surface area contributed by atoms with Gasteiger partial charge in [0.05, 0.1) is 12.1 Å². The smallest absolute Gasteiger partial charge is 0.138 e. The van der Waals surface area contributed by atoms with Crippen LogP contribution in [0.4, 0.5) is 0 Å². The minimum atomic E-state index is 0.626. The van der Waals surface area contributed by atoms with Gasteiger partial charge in [-0.05, 0) is 23.9 Å². The van der Waals surface area contributed by atoms with Crippen LogP contribution in [0, 0.1) is 6.92 Å². The second kappa shape index (κ2) is 3.46. The molecular weight excluding hydrogens is 198 g/mol. The highest BCUT2D eigenvalue weighted by molar-refractivity contribution is 6.37. The fraction of sp³-hybridized carbons (Fsp3) is 0.182. The Kier molecular flexibility index (Phi) is 2.30. The Labute approximate surface area is 87.5 Å². The normalized spacial score (nSPS) is 10.5. The first-order valence-corrected chi connectivity index (χ1v) is 4.68. The molecule has 0 saturated carbocycles. The van der Waals surface area contributed by atoms with E-state index in [2.05, 4.69) is 4.98 Å². The molecule has 0 amide bonds. The molecule has 0 bridgehead atoms. The van der Waals surface area contributed by atoms with Crippen LogP contribution in [0.2, 0.25) is 5.02 Å². The number of aromatic nitrogens is 1. The Hall–Kier alpha value is -1.28. The molecule has 0 saturated heterocycles. The Morgan fingerprint density at radius 2 is 2.00 bits per heavy atom. The van der Waals surface area contributed by atoms with Crippen molar-refractivity contribution in [1.29, 1.82) is 0 Å². The fourth-order valence-corrected chi connectivity index (χ4v) is 1.78. The van der Waals surface area contributed by atoms with E-state index in [1.54, 1.807) is 13.3 Å². The lowest BCUT2D eigenvalue weighted by Gasteiger charge is -2.07. The molecule has 72 valence electrons. The highest BCUT2D eigenvalue weighted by atomic mass is 35.5. The van der Waals surface area contributed by atoms with Crippen LogP contribution < -0.4 is 4.74 Å². The Balaban J connectivity index is 2.84. The van der Waals surface area contributed by atoms with Crippen molar-refractivity contribution in [2.45, 2.75) is 6.92 Å². The molecule has 1 aromatic heterocycles. The number of halogens is 1. The third-order valence-electron chi connectivity index (χ3n) is 2.26. The molecule has 1 aromatic carbocycles. The first kappa shape index (κ1) is 9.28. The van der Waals surface area contributed by atoms with Crippen LogP contribution in [0.15, 0.2) is 24.5 Å². The largest absolute Gasteiger partial charge is 0.495 e. The van der Waals surface area contributed by atoms with Crippen LogP contribution in [-0.2, 0) is 0 Å². The van der Waals surface area contributed by atoms with Crippen LogP contribution >= 0.6 is 11.6 Å². The van der Waals surface area contributed by atoms with E-state index in [0.717, 1.165) is 16.3 Å². The molecule has 14 heavy (non-hydrogen) atoms. The SMILES string of the molecule is COc1ccc2c(C)cncc2c1Cl. The summed E-state index contributed by atoms with van der Waals surface area (Å²) >= 11 is 6.15. The van der Waals surface area contributed by atoms with E-state index in [0.29, 0.717) is 10.8 Å². The maximum absolute atomic E-state index is 6.15. The topological polar surface area (TPSA) is 22.1 Å². The number of benzene rings is 1. The summed E-state index contributed by atoms with van der Waals surface area (Å²) in [5, 5.41) is 2.68. The van der Waals surface area contributed by atoms with Crippen molar-refractivity contribution >= 4 is 22.4 Å². The molecule has 0 atom stereocenters. The molecule has 0 aliphatic rings. The lowest BCUT2D eigenvalue weighted by atomic mass is 10.1. The number of nitrogens with zero attached hydrogens (tertiary/aromatic N) is 1. The van der Waals surface area contributed by atoms with Crippen molar-refractivity contribution < 1.29 is 4.74 Å². The number of fused-ring (bicyclic) bond motifs is 1. The molecule has 0 N–H and O–H groups in total. The lowest BCUT2D eigenvalue weighted by molar-refractivity contribution is 0.415. The van der Waals surface area contributed by atoms with E-state index in [1.165, 1.54) is 0 Å². The number of aryl methyl sites for hydroxylation is 1. The number of methoxy groups -OCH3 is 1. The first-order chi connectivity index (χ1) is 6.74. The summed E-state index contributed by atoms with van der Waals surface area (Å²) in [6.07, 6.45) is 3.58. The van der Waals surface area contributed by atoms with Crippen LogP contribution in [0.25, 0.3) is 10.8 Å². The van der Waals surface area contributed by atoms with Gasteiger partial charge in [0.25, 0.3) is 0 Å². The quantitative estimate of drug-likeness (QED) is 0.717. The van der Waals surface area contributed by atoms with Crippen molar-refractivity contribution in [1.82, 2.24) is 4.98 Å². The highest BCUT2D eigenvalue weighted by Crippen LogP contribution is 2.32. The molecule has 0 spiro atoms. The minimum Gasteiger partial charge on any atom is -0.495 e. The summed E-state index contributed by atoms with van der Waals surface area (Å²) in [6.45, 7) is 2.01. The molecule has 2 nitrogen and oxygen atoms in total. The van der Waals surface area contributed by atoms with E-state index in [9.17, 15) is 0 Å². The van der Waals surface area contributed by atoms with Crippen molar-refractivity contribution in [2.75, 3.05) is 7.11 Å². The molecule has 2 aromatic rings. The van der Waals surface area contributed by atoms with Crippen molar-refractivity contribution in [2.24, 2.45) is 0 Å². The van der Waals surface area contributed by atoms with Gasteiger partial charge in [-0.2, -0.15) is 0 Å².